The minimum atomic E-state index is 0.310. The number of nitrogens with one attached hydrogen (secondary N) is 1. The summed E-state index contributed by atoms with van der Waals surface area (Å²) in [5, 5.41) is 3.45. The molecule has 0 bridgehead atoms. The Hall–Kier alpha value is -1.06. The van der Waals surface area contributed by atoms with E-state index in [1.807, 2.05) is 6.07 Å². The lowest BCUT2D eigenvalue weighted by molar-refractivity contribution is 0.117. The van der Waals surface area contributed by atoms with Crippen LogP contribution in [-0.2, 0) is 0 Å². The van der Waals surface area contributed by atoms with Crippen LogP contribution in [0.5, 0.6) is 5.75 Å². The maximum atomic E-state index is 5.31. The Labute approximate surface area is 116 Å². The summed E-state index contributed by atoms with van der Waals surface area (Å²) in [5.74, 6) is 0.946. The summed E-state index contributed by atoms with van der Waals surface area (Å²) in [6, 6.07) is 8.88. The number of benzene rings is 1. The summed E-state index contributed by atoms with van der Waals surface area (Å²) in [4.78, 5) is 2.56. The normalized spacial score (nSPS) is 21.1. The quantitative estimate of drug-likeness (QED) is 0.903. The molecule has 0 radical (unpaired) electrons. The van der Waals surface area contributed by atoms with Crippen LogP contribution in [0.4, 0.5) is 0 Å². The molecule has 19 heavy (non-hydrogen) atoms. The first-order chi connectivity index (χ1) is 9.08. The van der Waals surface area contributed by atoms with E-state index in [0.29, 0.717) is 11.6 Å². The Morgan fingerprint density at radius 3 is 2.58 bits per heavy atom. The van der Waals surface area contributed by atoms with Gasteiger partial charge in [-0.2, -0.15) is 0 Å². The molecule has 3 heteroatoms. The first-order valence-electron chi connectivity index (χ1n) is 7.15. The minimum absolute atomic E-state index is 0.310. The molecule has 2 rings (SSSR count). The van der Waals surface area contributed by atoms with Crippen LogP contribution < -0.4 is 10.1 Å². The van der Waals surface area contributed by atoms with E-state index in [1.54, 1.807) is 7.11 Å². The topological polar surface area (TPSA) is 24.5 Å². The van der Waals surface area contributed by atoms with Gasteiger partial charge in [-0.1, -0.05) is 12.1 Å². The Morgan fingerprint density at radius 2 is 2.00 bits per heavy atom. The molecule has 0 aromatic heterocycles. The van der Waals surface area contributed by atoms with Crippen LogP contribution in [0.15, 0.2) is 24.3 Å². The van der Waals surface area contributed by atoms with Crippen molar-refractivity contribution in [2.24, 2.45) is 0 Å². The SMILES string of the molecule is CNC1(C)CCN(C(C)c2cccc(OC)c2)CC1. The van der Waals surface area contributed by atoms with Crippen molar-refractivity contribution in [1.29, 1.82) is 0 Å². The van der Waals surface area contributed by atoms with Gasteiger partial charge in [0.2, 0.25) is 0 Å². The first-order valence-corrected chi connectivity index (χ1v) is 7.15. The lowest BCUT2D eigenvalue weighted by Gasteiger charge is -2.42. The van der Waals surface area contributed by atoms with Crippen LogP contribution >= 0.6 is 0 Å². The van der Waals surface area contributed by atoms with Gasteiger partial charge in [0.05, 0.1) is 7.11 Å². The van der Waals surface area contributed by atoms with E-state index in [4.69, 9.17) is 4.74 Å². The average molecular weight is 262 g/mol. The smallest absolute Gasteiger partial charge is 0.119 e. The van der Waals surface area contributed by atoms with Gasteiger partial charge in [0, 0.05) is 24.7 Å². The van der Waals surface area contributed by atoms with Gasteiger partial charge in [-0.15, -0.1) is 0 Å². The second-order valence-electron chi connectivity index (χ2n) is 5.80. The fourth-order valence-corrected chi connectivity index (χ4v) is 2.77. The summed E-state index contributed by atoms with van der Waals surface area (Å²) in [7, 11) is 3.80. The van der Waals surface area contributed by atoms with Gasteiger partial charge in [-0.25, -0.2) is 0 Å². The summed E-state index contributed by atoms with van der Waals surface area (Å²) < 4.78 is 5.31. The standard InChI is InChI=1S/C16H26N2O/c1-13(14-6-5-7-15(12-14)19-4)18-10-8-16(2,17-3)9-11-18/h5-7,12-13,17H,8-11H2,1-4H3. The molecule has 1 aromatic carbocycles. The van der Waals surface area contributed by atoms with Crippen molar-refractivity contribution in [3.05, 3.63) is 29.8 Å². The van der Waals surface area contributed by atoms with Crippen LogP contribution in [0.1, 0.15) is 38.3 Å². The number of nitrogens with zero attached hydrogens (tertiary/aromatic N) is 1. The number of hydrogen-bond acceptors (Lipinski definition) is 3. The monoisotopic (exact) mass is 262 g/mol. The lowest BCUT2D eigenvalue weighted by atomic mass is 9.88. The van der Waals surface area contributed by atoms with Gasteiger partial charge < -0.3 is 10.1 Å². The Bertz CT molecular complexity index is 411. The predicted octanol–water partition coefficient (Wildman–Crippen LogP) is 2.83. The van der Waals surface area contributed by atoms with Crippen LogP contribution in [0.2, 0.25) is 0 Å². The molecule has 0 saturated carbocycles. The maximum absolute atomic E-state index is 5.31. The molecule has 1 atom stereocenters. The first kappa shape index (κ1) is 14.4. The Morgan fingerprint density at radius 1 is 1.32 bits per heavy atom. The van der Waals surface area contributed by atoms with E-state index < -0.39 is 0 Å². The molecule has 0 amide bonds. The fraction of sp³-hybridized carbons (Fsp3) is 0.625. The number of likely N-dealkylation sites (tertiary alicyclic amines) is 1. The molecule has 1 aromatic rings. The largest absolute Gasteiger partial charge is 0.497 e. The van der Waals surface area contributed by atoms with Gasteiger partial charge in [-0.3, -0.25) is 4.90 Å². The molecule has 3 nitrogen and oxygen atoms in total. The molecule has 0 aliphatic carbocycles. The van der Waals surface area contributed by atoms with Crippen molar-refractivity contribution in [3.8, 4) is 5.75 Å². The minimum Gasteiger partial charge on any atom is -0.497 e. The summed E-state index contributed by atoms with van der Waals surface area (Å²) in [5.41, 5.74) is 1.65. The number of piperidine rings is 1. The third-order valence-corrected chi connectivity index (χ3v) is 4.63. The van der Waals surface area contributed by atoms with Gasteiger partial charge in [0.1, 0.15) is 5.75 Å². The molecule has 1 heterocycles. The van der Waals surface area contributed by atoms with Gasteiger partial charge in [0.15, 0.2) is 0 Å². The third-order valence-electron chi connectivity index (χ3n) is 4.63. The van der Waals surface area contributed by atoms with E-state index in [-0.39, 0.29) is 0 Å². The second-order valence-corrected chi connectivity index (χ2v) is 5.80. The molecule has 106 valence electrons. The summed E-state index contributed by atoms with van der Waals surface area (Å²) >= 11 is 0. The highest BCUT2D eigenvalue weighted by atomic mass is 16.5. The number of rotatable bonds is 4. The molecule has 1 unspecified atom stereocenters. The number of methoxy groups -OCH3 is 1. The summed E-state index contributed by atoms with van der Waals surface area (Å²) in [6.07, 6.45) is 2.41. The van der Waals surface area contributed by atoms with Crippen molar-refractivity contribution < 1.29 is 4.74 Å². The molecule has 1 fully saturated rings. The number of ether oxygens (including phenoxy) is 1. The van der Waals surface area contributed by atoms with Crippen molar-refractivity contribution >= 4 is 0 Å². The fourth-order valence-electron chi connectivity index (χ4n) is 2.77. The van der Waals surface area contributed by atoms with Crippen molar-refractivity contribution in [2.45, 2.75) is 38.3 Å². The predicted molar refractivity (Wildman–Crippen MR) is 79.7 cm³/mol. The molecular formula is C16H26N2O. The Kier molecular flexibility index (Phi) is 4.48. The molecule has 1 aliphatic rings. The van der Waals surface area contributed by atoms with Gasteiger partial charge in [0.25, 0.3) is 0 Å². The van der Waals surface area contributed by atoms with E-state index in [1.165, 1.54) is 18.4 Å². The highest BCUT2D eigenvalue weighted by molar-refractivity contribution is 5.30. The zero-order chi connectivity index (χ0) is 13.9. The van der Waals surface area contributed by atoms with Crippen molar-refractivity contribution in [1.82, 2.24) is 10.2 Å². The van der Waals surface area contributed by atoms with Crippen LogP contribution in [0.25, 0.3) is 0 Å². The molecule has 0 spiro atoms. The third kappa shape index (κ3) is 3.28. The second kappa shape index (κ2) is 5.93. The van der Waals surface area contributed by atoms with Crippen LogP contribution in [0, 0.1) is 0 Å². The average Bonchev–Trinajstić information content (AvgIpc) is 2.47. The molecule has 1 N–H and O–H groups in total. The molecular weight excluding hydrogens is 236 g/mol. The van der Waals surface area contributed by atoms with Gasteiger partial charge >= 0.3 is 0 Å². The zero-order valence-corrected chi connectivity index (χ0v) is 12.6. The van der Waals surface area contributed by atoms with Crippen molar-refractivity contribution in [3.63, 3.8) is 0 Å². The zero-order valence-electron chi connectivity index (χ0n) is 12.6. The lowest BCUT2D eigenvalue weighted by Crippen LogP contribution is -2.50. The highest BCUT2D eigenvalue weighted by Gasteiger charge is 2.30. The van der Waals surface area contributed by atoms with Crippen molar-refractivity contribution in [2.75, 3.05) is 27.2 Å². The number of hydrogen-bond donors (Lipinski definition) is 1. The Balaban J connectivity index is 2.02. The van der Waals surface area contributed by atoms with E-state index in [9.17, 15) is 0 Å². The summed E-state index contributed by atoms with van der Waals surface area (Å²) in [6.45, 7) is 6.91. The highest BCUT2D eigenvalue weighted by Crippen LogP contribution is 2.29. The molecule has 1 aliphatic heterocycles. The van der Waals surface area contributed by atoms with Crippen LogP contribution in [0.3, 0.4) is 0 Å². The van der Waals surface area contributed by atoms with E-state index in [0.717, 1.165) is 18.8 Å². The van der Waals surface area contributed by atoms with Crippen LogP contribution in [-0.4, -0.2) is 37.7 Å². The van der Waals surface area contributed by atoms with E-state index in [2.05, 4.69) is 49.3 Å². The maximum Gasteiger partial charge on any atom is 0.119 e. The molecule has 1 saturated heterocycles. The van der Waals surface area contributed by atoms with E-state index >= 15 is 0 Å². The van der Waals surface area contributed by atoms with Gasteiger partial charge in [-0.05, 0) is 51.4 Å².